The Labute approximate surface area is 118 Å². The average molecular weight is 278 g/mol. The van der Waals surface area contributed by atoms with Crippen LogP contribution in [0, 0.1) is 12.8 Å². The fraction of sp³-hybridized carbons (Fsp3) is 0.571. The van der Waals surface area contributed by atoms with Gasteiger partial charge in [-0.2, -0.15) is 0 Å². The molecule has 2 aromatic rings. The second-order valence-corrected chi connectivity index (χ2v) is 6.32. The molecule has 0 aromatic carbocycles. The first kappa shape index (κ1) is 14.2. The van der Waals surface area contributed by atoms with E-state index in [0.717, 1.165) is 30.8 Å². The van der Waals surface area contributed by atoms with Crippen molar-refractivity contribution in [1.29, 1.82) is 0 Å². The van der Waals surface area contributed by atoms with Gasteiger partial charge in [0.25, 0.3) is 0 Å². The molecule has 0 bridgehead atoms. The van der Waals surface area contributed by atoms with Gasteiger partial charge in [0, 0.05) is 36.3 Å². The van der Waals surface area contributed by atoms with E-state index >= 15 is 0 Å². The number of nitrogens with zero attached hydrogens (tertiary/aromatic N) is 3. The summed E-state index contributed by atoms with van der Waals surface area (Å²) in [6.45, 7) is 7.31. The molecule has 0 aliphatic heterocycles. The van der Waals surface area contributed by atoms with Crippen molar-refractivity contribution in [2.75, 3.05) is 0 Å². The third kappa shape index (κ3) is 3.88. The highest BCUT2D eigenvalue weighted by Gasteiger charge is 2.13. The Morgan fingerprint density at radius 1 is 1.42 bits per heavy atom. The maximum absolute atomic E-state index is 6.24. The summed E-state index contributed by atoms with van der Waals surface area (Å²) in [5.74, 6) is 0.597. The lowest BCUT2D eigenvalue weighted by atomic mass is 10.0. The Hall–Kier alpha value is -1.20. The molecule has 4 nitrogen and oxygen atoms in total. The molecule has 2 rings (SSSR count). The maximum atomic E-state index is 6.24. The molecule has 0 fully saturated rings. The van der Waals surface area contributed by atoms with Crippen LogP contribution in [0.3, 0.4) is 0 Å². The number of hydrogen-bond donors (Lipinski definition) is 1. The molecular weight excluding hydrogens is 256 g/mol. The topological polar surface area (TPSA) is 56.7 Å². The van der Waals surface area contributed by atoms with Gasteiger partial charge in [0.05, 0.1) is 17.0 Å². The van der Waals surface area contributed by atoms with Gasteiger partial charge in [0.1, 0.15) is 0 Å². The van der Waals surface area contributed by atoms with E-state index in [4.69, 9.17) is 5.73 Å². The number of hydrogen-bond acceptors (Lipinski definition) is 4. The normalized spacial score (nSPS) is 13.1. The van der Waals surface area contributed by atoms with Crippen LogP contribution in [0.4, 0.5) is 0 Å². The van der Waals surface area contributed by atoms with Crippen LogP contribution in [0.5, 0.6) is 0 Å². The summed E-state index contributed by atoms with van der Waals surface area (Å²) in [5, 5.41) is 3.27. The molecule has 0 spiro atoms. The minimum Gasteiger partial charge on any atom is -0.333 e. The zero-order valence-electron chi connectivity index (χ0n) is 11.8. The lowest BCUT2D eigenvalue weighted by Gasteiger charge is -2.16. The van der Waals surface area contributed by atoms with Crippen molar-refractivity contribution in [3.05, 3.63) is 34.3 Å². The molecular formula is C14H22N4S. The van der Waals surface area contributed by atoms with Gasteiger partial charge in [0.2, 0.25) is 0 Å². The molecule has 0 saturated carbocycles. The summed E-state index contributed by atoms with van der Waals surface area (Å²) in [6, 6.07) is 0.0699. The molecule has 19 heavy (non-hydrogen) atoms. The van der Waals surface area contributed by atoms with Gasteiger partial charge in [0.15, 0.2) is 0 Å². The van der Waals surface area contributed by atoms with Crippen molar-refractivity contribution >= 4 is 11.3 Å². The van der Waals surface area contributed by atoms with Crippen LogP contribution in [0.25, 0.3) is 0 Å². The first-order chi connectivity index (χ1) is 9.06. The fourth-order valence-electron chi connectivity index (χ4n) is 2.19. The van der Waals surface area contributed by atoms with E-state index in [0.29, 0.717) is 5.92 Å². The van der Waals surface area contributed by atoms with E-state index in [1.807, 2.05) is 19.4 Å². The predicted octanol–water partition coefficient (Wildman–Crippen LogP) is 2.94. The monoisotopic (exact) mass is 278 g/mol. The summed E-state index contributed by atoms with van der Waals surface area (Å²) in [4.78, 5) is 8.72. The third-order valence-corrected chi connectivity index (χ3v) is 4.11. The van der Waals surface area contributed by atoms with Crippen molar-refractivity contribution in [3.63, 3.8) is 0 Å². The van der Waals surface area contributed by atoms with Crippen LogP contribution in [0.1, 0.15) is 42.7 Å². The van der Waals surface area contributed by atoms with Crippen molar-refractivity contribution in [1.82, 2.24) is 14.5 Å². The number of thiazole rings is 1. The second kappa shape index (κ2) is 6.30. The van der Waals surface area contributed by atoms with Gasteiger partial charge in [-0.1, -0.05) is 13.8 Å². The van der Waals surface area contributed by atoms with Crippen molar-refractivity contribution in [2.24, 2.45) is 11.7 Å². The molecule has 2 N–H and O–H groups in total. The molecule has 0 saturated heterocycles. The molecule has 2 heterocycles. The molecule has 2 aromatic heterocycles. The standard InChI is InChI=1S/C14H22N4S/c1-10(2)6-12(15)13-7-16-9-18(13)5-4-14-17-11(3)8-19-14/h7-10,12H,4-6,15H2,1-3H3. The van der Waals surface area contributed by atoms with Crippen molar-refractivity contribution < 1.29 is 0 Å². The van der Waals surface area contributed by atoms with Crippen molar-refractivity contribution in [3.8, 4) is 0 Å². The number of rotatable bonds is 6. The Bertz CT molecular complexity index is 515. The Balaban J connectivity index is 1.99. The largest absolute Gasteiger partial charge is 0.333 e. The fourth-order valence-corrected chi connectivity index (χ4v) is 2.95. The average Bonchev–Trinajstić information content (AvgIpc) is 2.93. The summed E-state index contributed by atoms with van der Waals surface area (Å²) in [7, 11) is 0. The number of aryl methyl sites for hydroxylation is 3. The number of nitrogens with two attached hydrogens (primary N) is 1. The van der Waals surface area contributed by atoms with E-state index in [9.17, 15) is 0 Å². The zero-order chi connectivity index (χ0) is 13.8. The zero-order valence-corrected chi connectivity index (χ0v) is 12.7. The third-order valence-electron chi connectivity index (χ3n) is 3.08. The van der Waals surface area contributed by atoms with Crippen LogP contribution in [-0.4, -0.2) is 14.5 Å². The Morgan fingerprint density at radius 2 is 2.21 bits per heavy atom. The molecule has 5 heteroatoms. The van der Waals surface area contributed by atoms with E-state index < -0.39 is 0 Å². The summed E-state index contributed by atoms with van der Waals surface area (Å²) in [6.07, 6.45) is 5.69. The molecule has 0 amide bonds. The summed E-state index contributed by atoms with van der Waals surface area (Å²) >= 11 is 1.72. The highest BCUT2D eigenvalue weighted by Crippen LogP contribution is 2.19. The first-order valence-electron chi connectivity index (χ1n) is 6.73. The maximum Gasteiger partial charge on any atom is 0.0948 e. The summed E-state index contributed by atoms with van der Waals surface area (Å²) < 4.78 is 2.16. The highest BCUT2D eigenvalue weighted by atomic mass is 32.1. The van der Waals surface area contributed by atoms with Crippen LogP contribution in [0.2, 0.25) is 0 Å². The second-order valence-electron chi connectivity index (χ2n) is 5.38. The Morgan fingerprint density at radius 3 is 2.84 bits per heavy atom. The van der Waals surface area contributed by atoms with E-state index in [-0.39, 0.29) is 6.04 Å². The van der Waals surface area contributed by atoms with E-state index in [2.05, 4.69) is 33.8 Å². The van der Waals surface area contributed by atoms with Crippen LogP contribution in [0.15, 0.2) is 17.9 Å². The SMILES string of the molecule is Cc1csc(CCn2cncc2C(N)CC(C)C)n1. The first-order valence-corrected chi connectivity index (χ1v) is 7.61. The minimum atomic E-state index is 0.0699. The minimum absolute atomic E-state index is 0.0699. The lowest BCUT2D eigenvalue weighted by molar-refractivity contribution is 0.483. The molecule has 1 unspecified atom stereocenters. The number of imidazole rings is 1. The smallest absolute Gasteiger partial charge is 0.0948 e. The predicted molar refractivity (Wildman–Crippen MR) is 79.2 cm³/mol. The lowest BCUT2D eigenvalue weighted by Crippen LogP contribution is -2.17. The molecule has 0 radical (unpaired) electrons. The number of aromatic nitrogens is 3. The molecule has 0 aliphatic carbocycles. The van der Waals surface area contributed by atoms with Gasteiger partial charge >= 0.3 is 0 Å². The van der Waals surface area contributed by atoms with Gasteiger partial charge in [-0.3, -0.25) is 0 Å². The summed E-state index contributed by atoms with van der Waals surface area (Å²) in [5.41, 5.74) is 8.47. The van der Waals surface area contributed by atoms with E-state index in [1.54, 1.807) is 11.3 Å². The molecule has 104 valence electrons. The van der Waals surface area contributed by atoms with Gasteiger partial charge in [-0.15, -0.1) is 11.3 Å². The van der Waals surface area contributed by atoms with Gasteiger partial charge < -0.3 is 10.3 Å². The quantitative estimate of drug-likeness (QED) is 0.884. The van der Waals surface area contributed by atoms with Gasteiger partial charge in [-0.05, 0) is 19.3 Å². The van der Waals surface area contributed by atoms with Gasteiger partial charge in [-0.25, -0.2) is 9.97 Å². The van der Waals surface area contributed by atoms with Crippen LogP contribution in [-0.2, 0) is 13.0 Å². The Kier molecular flexibility index (Phi) is 4.71. The molecule has 1 atom stereocenters. The van der Waals surface area contributed by atoms with Crippen LogP contribution < -0.4 is 5.73 Å². The highest BCUT2D eigenvalue weighted by molar-refractivity contribution is 7.09. The van der Waals surface area contributed by atoms with Crippen LogP contribution >= 0.6 is 11.3 Å². The molecule has 0 aliphatic rings. The van der Waals surface area contributed by atoms with E-state index in [1.165, 1.54) is 5.01 Å². The van der Waals surface area contributed by atoms with Crippen molar-refractivity contribution in [2.45, 2.75) is 46.2 Å².